The molecule has 0 spiro atoms. The fraction of sp³-hybridized carbons (Fsp3) is 0.657. The van der Waals surface area contributed by atoms with Gasteiger partial charge in [0.15, 0.2) is 23.5 Å². The Kier molecular flexibility index (Phi) is 6.95. The van der Waals surface area contributed by atoms with Gasteiger partial charge in [0.1, 0.15) is 6.61 Å². The summed E-state index contributed by atoms with van der Waals surface area (Å²) in [5.74, 6) is 0.496. The van der Waals surface area contributed by atoms with E-state index in [1.54, 1.807) is 12.2 Å². The van der Waals surface area contributed by atoms with E-state index < -0.39 is 36.1 Å². The summed E-state index contributed by atoms with van der Waals surface area (Å²) in [5, 5.41) is 22.0. The van der Waals surface area contributed by atoms with Crippen LogP contribution < -0.4 is 5.73 Å². The standard InChI is InChI=1S/C35H45NO6/c1-33-14-13-25(38)16-23(33)9-12-26-27-17-30-35(29(40)19-37,34(27,2)18-28(39)31(26)33)42-32(41-30)22-7-3-20(4-8-22)15-21-5-10-24(36)11-6-21/h3-4,7-8,13-14,16,21,24,26-28,30-32,37,39H,5-6,9-12,15,17-19,36H2,1-2H3/t21?,24?,26-,27-,28-,30+,31+,32?,33-,34-,35+/m0/s1. The molecular formula is C35H45NO6. The third-order valence-electron chi connectivity index (χ3n) is 12.5. The molecule has 0 bridgehead atoms. The number of rotatable bonds is 5. The summed E-state index contributed by atoms with van der Waals surface area (Å²) in [6.07, 6.45) is 11.7. The molecule has 0 amide bonds. The van der Waals surface area contributed by atoms with E-state index in [1.165, 1.54) is 18.4 Å². The molecule has 4 N–H and O–H groups in total. The average molecular weight is 576 g/mol. The first-order chi connectivity index (χ1) is 20.1. The summed E-state index contributed by atoms with van der Waals surface area (Å²) in [6, 6.07) is 8.72. The second-order valence-electron chi connectivity index (χ2n) is 14.6. The lowest BCUT2D eigenvalue weighted by atomic mass is 9.46. The fourth-order valence-corrected chi connectivity index (χ4v) is 10.4. The van der Waals surface area contributed by atoms with Crippen LogP contribution >= 0.6 is 0 Å². The normalized spacial score (nSPS) is 45.9. The van der Waals surface area contributed by atoms with E-state index in [-0.39, 0.29) is 34.7 Å². The number of Topliss-reactive ketones (excluding diaryl/α,β-unsaturated/α-hetero) is 1. The monoisotopic (exact) mass is 575 g/mol. The van der Waals surface area contributed by atoms with Crippen LogP contribution in [0.4, 0.5) is 0 Å². The third kappa shape index (κ3) is 4.11. The highest BCUT2D eigenvalue weighted by Gasteiger charge is 2.75. The first-order valence-electron chi connectivity index (χ1n) is 16.0. The van der Waals surface area contributed by atoms with Crippen molar-refractivity contribution < 1.29 is 29.3 Å². The number of aliphatic hydroxyl groups excluding tert-OH is 2. The molecule has 0 radical (unpaired) electrons. The molecule has 5 fully saturated rings. The molecule has 7 heteroatoms. The van der Waals surface area contributed by atoms with Gasteiger partial charge in [0.25, 0.3) is 0 Å². The first kappa shape index (κ1) is 28.6. The van der Waals surface area contributed by atoms with Gasteiger partial charge in [-0.25, -0.2) is 0 Å². The summed E-state index contributed by atoms with van der Waals surface area (Å²) in [4.78, 5) is 25.9. The predicted octanol–water partition coefficient (Wildman–Crippen LogP) is 4.35. The number of ether oxygens (including phenoxy) is 2. The van der Waals surface area contributed by atoms with E-state index >= 15 is 0 Å². The molecule has 5 aliphatic carbocycles. The van der Waals surface area contributed by atoms with Crippen molar-refractivity contribution in [1.82, 2.24) is 0 Å². The number of hydrogen-bond donors (Lipinski definition) is 3. The van der Waals surface area contributed by atoms with Gasteiger partial charge < -0.3 is 25.4 Å². The summed E-state index contributed by atoms with van der Waals surface area (Å²) < 4.78 is 13.3. The van der Waals surface area contributed by atoms with Crippen LogP contribution in [0.5, 0.6) is 0 Å². The van der Waals surface area contributed by atoms with Gasteiger partial charge in [-0.2, -0.15) is 0 Å². The smallest absolute Gasteiger partial charge is 0.193 e. The zero-order valence-corrected chi connectivity index (χ0v) is 24.8. The molecule has 9 atom stereocenters. The van der Waals surface area contributed by atoms with Crippen molar-refractivity contribution in [2.24, 2.45) is 40.2 Å². The number of nitrogens with two attached hydrogens (primary N) is 1. The average Bonchev–Trinajstić information content (AvgIpc) is 3.47. The SMILES string of the molecule is C[C@]12C=CC(=O)C=C1CC[C@@H]1[C@@H]2[C@@H](O)C[C@@]2(C)[C@H]1C[C@H]1OC(c3ccc(CC4CCC(N)CC4)cc3)O[C@]12C(=O)CO. The number of fused-ring (bicyclic) bond motifs is 7. The largest absolute Gasteiger partial charge is 0.393 e. The molecule has 42 heavy (non-hydrogen) atoms. The van der Waals surface area contributed by atoms with Crippen LogP contribution in [0.3, 0.4) is 0 Å². The zero-order chi connectivity index (χ0) is 29.4. The Bertz CT molecular complexity index is 1310. The van der Waals surface area contributed by atoms with Crippen molar-refractivity contribution in [3.8, 4) is 0 Å². The maximum Gasteiger partial charge on any atom is 0.193 e. The molecule has 1 aromatic carbocycles. The fourth-order valence-electron chi connectivity index (χ4n) is 10.4. The highest BCUT2D eigenvalue weighted by molar-refractivity contribution is 6.01. The first-order valence-corrected chi connectivity index (χ1v) is 16.0. The van der Waals surface area contributed by atoms with Gasteiger partial charge in [0, 0.05) is 28.4 Å². The van der Waals surface area contributed by atoms with Gasteiger partial charge in [-0.1, -0.05) is 49.8 Å². The highest BCUT2D eigenvalue weighted by atomic mass is 16.7. The lowest BCUT2D eigenvalue weighted by Gasteiger charge is -2.59. The van der Waals surface area contributed by atoms with Crippen molar-refractivity contribution in [2.75, 3.05) is 6.61 Å². The molecule has 0 aromatic heterocycles. The van der Waals surface area contributed by atoms with E-state index in [1.807, 2.05) is 18.2 Å². The molecule has 1 unspecified atom stereocenters. The Balaban J connectivity index is 1.15. The Hall–Kier alpha value is -2.16. The van der Waals surface area contributed by atoms with Gasteiger partial charge in [-0.3, -0.25) is 9.59 Å². The second kappa shape index (κ2) is 10.2. The van der Waals surface area contributed by atoms with Crippen molar-refractivity contribution >= 4 is 11.6 Å². The van der Waals surface area contributed by atoms with Gasteiger partial charge in [-0.15, -0.1) is 0 Å². The maximum atomic E-state index is 13.7. The third-order valence-corrected chi connectivity index (χ3v) is 12.5. The van der Waals surface area contributed by atoms with Crippen molar-refractivity contribution in [1.29, 1.82) is 0 Å². The molecule has 6 aliphatic rings. The Labute approximate surface area is 248 Å². The van der Waals surface area contributed by atoms with E-state index in [9.17, 15) is 19.8 Å². The summed E-state index contributed by atoms with van der Waals surface area (Å²) >= 11 is 0. The number of ketones is 2. The van der Waals surface area contributed by atoms with Gasteiger partial charge in [0.2, 0.25) is 0 Å². The molecule has 7 rings (SSSR count). The molecule has 1 aromatic rings. The second-order valence-corrected chi connectivity index (χ2v) is 14.6. The Morgan fingerprint density at radius 3 is 2.55 bits per heavy atom. The lowest BCUT2D eigenvalue weighted by Crippen LogP contribution is -2.63. The Morgan fingerprint density at radius 1 is 1.10 bits per heavy atom. The van der Waals surface area contributed by atoms with E-state index in [2.05, 4.69) is 26.0 Å². The summed E-state index contributed by atoms with van der Waals surface area (Å²) in [6.45, 7) is 3.59. The van der Waals surface area contributed by atoms with Crippen LogP contribution in [-0.2, 0) is 25.5 Å². The number of carbonyl (C=O) groups is 2. The van der Waals surface area contributed by atoms with Crippen molar-refractivity contribution in [3.63, 3.8) is 0 Å². The molecule has 4 saturated carbocycles. The highest BCUT2D eigenvalue weighted by Crippen LogP contribution is 2.70. The summed E-state index contributed by atoms with van der Waals surface area (Å²) in [7, 11) is 0. The van der Waals surface area contributed by atoms with Crippen LogP contribution in [0.25, 0.3) is 0 Å². The van der Waals surface area contributed by atoms with Gasteiger partial charge >= 0.3 is 0 Å². The number of aliphatic hydroxyl groups is 2. The minimum absolute atomic E-state index is 0.0125. The zero-order valence-electron chi connectivity index (χ0n) is 24.8. The van der Waals surface area contributed by atoms with Gasteiger partial charge in [0.05, 0.1) is 12.2 Å². The summed E-state index contributed by atoms with van der Waals surface area (Å²) in [5.41, 5.74) is 6.94. The molecule has 1 heterocycles. The van der Waals surface area contributed by atoms with E-state index in [4.69, 9.17) is 15.2 Å². The molecule has 7 nitrogen and oxygen atoms in total. The quantitative estimate of drug-likeness (QED) is 0.478. The number of carbonyl (C=O) groups excluding carboxylic acids is 2. The minimum atomic E-state index is -1.32. The number of allylic oxidation sites excluding steroid dienone is 4. The lowest BCUT2D eigenvalue weighted by molar-refractivity contribution is -0.201. The molecule has 1 aliphatic heterocycles. The van der Waals surface area contributed by atoms with E-state index in [0.717, 1.165) is 43.2 Å². The topological polar surface area (TPSA) is 119 Å². The van der Waals surface area contributed by atoms with Gasteiger partial charge in [-0.05, 0) is 93.3 Å². The van der Waals surface area contributed by atoms with Crippen LogP contribution in [0.2, 0.25) is 0 Å². The number of benzene rings is 1. The van der Waals surface area contributed by atoms with Crippen LogP contribution in [-0.4, -0.2) is 52.2 Å². The van der Waals surface area contributed by atoms with E-state index in [0.29, 0.717) is 24.8 Å². The molecule has 1 saturated heterocycles. The number of hydrogen-bond acceptors (Lipinski definition) is 7. The predicted molar refractivity (Wildman–Crippen MR) is 157 cm³/mol. The van der Waals surface area contributed by atoms with Crippen LogP contribution in [0.15, 0.2) is 48.1 Å². The van der Waals surface area contributed by atoms with Crippen molar-refractivity contribution in [2.45, 2.75) is 102 Å². The van der Waals surface area contributed by atoms with Crippen LogP contribution in [0, 0.1) is 34.5 Å². The van der Waals surface area contributed by atoms with Crippen LogP contribution in [0.1, 0.15) is 82.6 Å². The molecular weight excluding hydrogens is 530 g/mol. The molecule has 226 valence electrons. The van der Waals surface area contributed by atoms with Crippen molar-refractivity contribution in [3.05, 3.63) is 59.2 Å². The maximum absolute atomic E-state index is 13.7. The minimum Gasteiger partial charge on any atom is -0.393 e. The Morgan fingerprint density at radius 2 is 1.83 bits per heavy atom.